The van der Waals surface area contributed by atoms with E-state index in [-0.39, 0.29) is 16.8 Å². The molecule has 1 N–H and O–H groups in total. The van der Waals surface area contributed by atoms with Gasteiger partial charge in [-0.1, -0.05) is 11.9 Å². The van der Waals surface area contributed by atoms with Gasteiger partial charge in [0.2, 0.25) is 0 Å². The summed E-state index contributed by atoms with van der Waals surface area (Å²) >= 11 is 0. The van der Waals surface area contributed by atoms with Crippen molar-refractivity contribution in [3.63, 3.8) is 0 Å². The molecule has 0 radical (unpaired) electrons. The summed E-state index contributed by atoms with van der Waals surface area (Å²) in [5.74, 6) is 0. The van der Waals surface area contributed by atoms with Crippen LogP contribution in [0.1, 0.15) is 13.8 Å². The number of rotatable bonds is 1. The molecule has 0 bridgehead atoms. The lowest BCUT2D eigenvalue weighted by Gasteiger charge is -2.20. The molecule has 0 unspecified atom stereocenters. The Morgan fingerprint density at radius 1 is 1.45 bits per heavy atom. The van der Waals surface area contributed by atoms with E-state index in [1.54, 1.807) is 6.92 Å². The normalized spacial score (nSPS) is 17.5. The number of carbonyl (C=O) groups is 2. The molecule has 0 fully saturated rings. The number of urea groups is 1. The largest absolute Gasteiger partial charge is 0.449 e. The minimum atomic E-state index is -2.54. The zero-order valence-corrected chi connectivity index (χ0v) is 13.0. The van der Waals surface area contributed by atoms with Crippen molar-refractivity contribution in [1.82, 2.24) is 15.3 Å². The molecule has 1 rings (SSSR count). The Bertz CT molecular complexity index is 650. The Morgan fingerprint density at radius 2 is 2.05 bits per heavy atom. The summed E-state index contributed by atoms with van der Waals surface area (Å²) < 4.78 is 27.3. The summed E-state index contributed by atoms with van der Waals surface area (Å²) in [6.45, 7) is 3.21. The second-order valence-electron chi connectivity index (χ2n) is 3.75. The number of hydrogen-bond acceptors (Lipinski definition) is 7. The highest BCUT2D eigenvalue weighted by Crippen LogP contribution is 2.05. The highest BCUT2D eigenvalue weighted by molar-refractivity contribution is 8.40. The smallest absolute Gasteiger partial charge is 0.428 e. The van der Waals surface area contributed by atoms with Crippen LogP contribution in [-0.2, 0) is 23.0 Å². The number of amidine groups is 1. The van der Waals surface area contributed by atoms with E-state index in [2.05, 4.69) is 10.4 Å². The molecule has 0 aromatic carbocycles. The fourth-order valence-corrected chi connectivity index (χ4v) is 3.86. The summed E-state index contributed by atoms with van der Waals surface area (Å²) in [6, 6.07) is -0.672. The molecule has 0 aromatic rings. The van der Waals surface area contributed by atoms with Gasteiger partial charge in [-0.2, -0.15) is 0 Å². The lowest BCUT2D eigenvalue weighted by atomic mass is 10.8. The minimum Gasteiger partial charge on any atom is -0.449 e. The molecule has 9 nitrogen and oxygen atoms in total. The van der Waals surface area contributed by atoms with Crippen molar-refractivity contribution in [2.24, 2.45) is 4.99 Å². The first-order valence-electron chi connectivity index (χ1n) is 5.50. The van der Waals surface area contributed by atoms with E-state index in [4.69, 9.17) is 4.74 Å². The van der Waals surface area contributed by atoms with Crippen molar-refractivity contribution in [2.75, 3.05) is 20.7 Å². The molecule has 0 saturated heterocycles. The molecule has 0 aliphatic carbocycles. The van der Waals surface area contributed by atoms with Gasteiger partial charge in [0.1, 0.15) is 0 Å². The third-order valence-electron chi connectivity index (χ3n) is 2.06. The standard InChI is InChI=1S/C9H15N4O5S2/c1-5-18-9(15)13-8(10-7(14)12(3)4)19(20(16)17)6(2)11-13/h11H,5H2,1-4H3/q-1. The molecule has 3 amide bonds. The molecule has 0 saturated carbocycles. The van der Waals surface area contributed by atoms with E-state index in [1.807, 2.05) is 0 Å². The summed E-state index contributed by atoms with van der Waals surface area (Å²) in [5.41, 5.74) is 2.56. The van der Waals surface area contributed by atoms with Gasteiger partial charge in [0, 0.05) is 14.1 Å². The molecule has 114 valence electrons. The van der Waals surface area contributed by atoms with Gasteiger partial charge in [0.05, 0.1) is 21.0 Å². The highest BCUT2D eigenvalue weighted by atomic mass is 32.8. The number of carbonyl (C=O) groups excluding carboxylic acids is 2. The predicted octanol–water partition coefficient (Wildman–Crippen LogP) is -0.437. The maximum atomic E-state index is 11.7. The zero-order chi connectivity index (χ0) is 15.4. The average Bonchev–Trinajstić information content (AvgIpc) is 2.66. The maximum Gasteiger partial charge on any atom is 0.428 e. The van der Waals surface area contributed by atoms with Gasteiger partial charge in [-0.15, -0.1) is 0 Å². The van der Waals surface area contributed by atoms with Gasteiger partial charge < -0.3 is 9.64 Å². The fraction of sp³-hybridized carbons (Fsp3) is 0.556. The second-order valence-corrected chi connectivity index (χ2v) is 7.49. The van der Waals surface area contributed by atoms with E-state index in [0.29, 0.717) is 0 Å². The van der Waals surface area contributed by atoms with Gasteiger partial charge >= 0.3 is 12.1 Å². The SMILES string of the molecule is CCOC(=O)N1NC(C)=[S-](=S(=O)=O)C1=NC(=O)N(C)C. The lowest BCUT2D eigenvalue weighted by Crippen LogP contribution is -2.44. The molecule has 0 aromatic heterocycles. The second kappa shape index (κ2) is 6.72. The van der Waals surface area contributed by atoms with Crippen molar-refractivity contribution in [3.8, 4) is 0 Å². The Hall–Kier alpha value is -1.59. The van der Waals surface area contributed by atoms with Crippen molar-refractivity contribution < 1.29 is 22.7 Å². The van der Waals surface area contributed by atoms with E-state index >= 15 is 0 Å². The average molecular weight is 323 g/mol. The van der Waals surface area contributed by atoms with E-state index in [9.17, 15) is 18.0 Å². The number of ether oxygens (including phenoxy) is 1. The monoisotopic (exact) mass is 323 g/mol. The molecule has 20 heavy (non-hydrogen) atoms. The van der Waals surface area contributed by atoms with Crippen LogP contribution in [0.5, 0.6) is 0 Å². The molecule has 0 spiro atoms. The number of hydrazine groups is 1. The first kappa shape index (κ1) is 16.5. The van der Waals surface area contributed by atoms with E-state index in [1.165, 1.54) is 25.9 Å². The van der Waals surface area contributed by atoms with E-state index in [0.717, 1.165) is 5.01 Å². The summed E-state index contributed by atoms with van der Waals surface area (Å²) in [5, 5.41) is 0.632. The Labute approximate surface area is 118 Å². The van der Waals surface area contributed by atoms with Crippen LogP contribution in [0.25, 0.3) is 0 Å². The van der Waals surface area contributed by atoms with Gasteiger partial charge in [0.15, 0.2) is 0 Å². The summed E-state index contributed by atoms with van der Waals surface area (Å²) in [4.78, 5) is 28.5. The van der Waals surface area contributed by atoms with Crippen LogP contribution < -0.4 is 5.43 Å². The van der Waals surface area contributed by atoms with Crippen molar-refractivity contribution in [2.45, 2.75) is 13.8 Å². The lowest BCUT2D eigenvalue weighted by molar-refractivity contribution is 0.123. The number of hydrogen-bond donors (Lipinski definition) is 1. The van der Waals surface area contributed by atoms with Crippen molar-refractivity contribution >= 4 is 40.6 Å². The van der Waals surface area contributed by atoms with Crippen LogP contribution in [0.3, 0.4) is 0 Å². The molecule has 0 atom stereocenters. The first-order chi connectivity index (χ1) is 9.29. The number of nitrogens with one attached hydrogen (secondary N) is 1. The van der Waals surface area contributed by atoms with Crippen LogP contribution >= 0.6 is 0 Å². The van der Waals surface area contributed by atoms with Crippen molar-refractivity contribution in [1.29, 1.82) is 0 Å². The quantitative estimate of drug-likeness (QED) is 0.518. The fourth-order valence-electron chi connectivity index (χ4n) is 1.21. The topological polar surface area (TPSA) is 108 Å². The zero-order valence-electron chi connectivity index (χ0n) is 11.4. The first-order valence-corrected chi connectivity index (χ1v) is 8.32. The van der Waals surface area contributed by atoms with Crippen LogP contribution in [0.4, 0.5) is 9.59 Å². The van der Waals surface area contributed by atoms with E-state index < -0.39 is 30.4 Å². The Morgan fingerprint density at radius 3 is 2.50 bits per heavy atom. The van der Waals surface area contributed by atoms with Crippen LogP contribution in [-0.4, -0.2) is 61.3 Å². The van der Waals surface area contributed by atoms with Crippen molar-refractivity contribution in [3.05, 3.63) is 0 Å². The highest BCUT2D eigenvalue weighted by Gasteiger charge is 2.22. The molecule has 11 heteroatoms. The van der Waals surface area contributed by atoms with Crippen LogP contribution in [0, 0.1) is 0 Å². The molecule has 1 aliphatic rings. The van der Waals surface area contributed by atoms with Gasteiger partial charge in [-0.05, 0) is 6.92 Å². The Kier molecular flexibility index (Phi) is 5.53. The molecule has 1 heterocycles. The van der Waals surface area contributed by atoms with Gasteiger partial charge in [0.25, 0.3) is 0 Å². The predicted molar refractivity (Wildman–Crippen MR) is 75.5 cm³/mol. The number of nitrogens with zero attached hydrogens (tertiary/aromatic N) is 3. The third kappa shape index (κ3) is 3.49. The number of aliphatic imine (C=N–C) groups is 1. The molecular formula is C9H15N4O5S2-. The number of amides is 3. The maximum absolute atomic E-state index is 11.7. The summed E-state index contributed by atoms with van der Waals surface area (Å²) in [6.07, 6.45) is -0.822. The molecule has 1 aliphatic heterocycles. The van der Waals surface area contributed by atoms with Gasteiger partial charge in [-0.25, -0.2) is 33.4 Å². The molecular weight excluding hydrogens is 308 g/mol. The Balaban J connectivity index is 3.38. The van der Waals surface area contributed by atoms with Crippen LogP contribution in [0.15, 0.2) is 4.99 Å². The minimum absolute atomic E-state index is 0.110. The third-order valence-corrected chi connectivity index (χ3v) is 5.60. The summed E-state index contributed by atoms with van der Waals surface area (Å²) in [7, 11) is -1.12. The van der Waals surface area contributed by atoms with Gasteiger partial charge in [-0.3, -0.25) is 9.04 Å². The van der Waals surface area contributed by atoms with Crippen LogP contribution in [0.2, 0.25) is 0 Å².